The number of likely N-dealkylation sites (tertiary alicyclic amines) is 1. The Hall–Kier alpha value is -0.820. The lowest BCUT2D eigenvalue weighted by molar-refractivity contribution is 0.0385. The lowest BCUT2D eigenvalue weighted by Gasteiger charge is -2.45. The lowest BCUT2D eigenvalue weighted by atomic mass is 9.81. The monoisotopic (exact) mass is 231 g/mol. The van der Waals surface area contributed by atoms with Crippen molar-refractivity contribution in [3.05, 3.63) is 35.9 Å². The second kappa shape index (κ2) is 5.22. The molecule has 0 bridgehead atoms. The van der Waals surface area contributed by atoms with Gasteiger partial charge in [0, 0.05) is 12.1 Å². The van der Waals surface area contributed by atoms with E-state index in [2.05, 4.69) is 56.0 Å². The first-order valence-corrected chi connectivity index (χ1v) is 6.91. The van der Waals surface area contributed by atoms with Gasteiger partial charge in [-0.1, -0.05) is 43.7 Å². The van der Waals surface area contributed by atoms with Crippen molar-refractivity contribution in [2.24, 2.45) is 5.92 Å². The van der Waals surface area contributed by atoms with Gasteiger partial charge in [-0.05, 0) is 44.7 Å². The van der Waals surface area contributed by atoms with E-state index >= 15 is 0 Å². The Morgan fingerprint density at radius 2 is 1.94 bits per heavy atom. The molecule has 2 rings (SSSR count). The van der Waals surface area contributed by atoms with Gasteiger partial charge in [-0.25, -0.2) is 0 Å². The highest BCUT2D eigenvalue weighted by molar-refractivity contribution is 5.15. The van der Waals surface area contributed by atoms with Crippen molar-refractivity contribution in [2.45, 2.75) is 52.1 Å². The van der Waals surface area contributed by atoms with Crippen LogP contribution in [0.3, 0.4) is 0 Å². The summed E-state index contributed by atoms with van der Waals surface area (Å²) in [6.07, 6.45) is 4.05. The Labute approximate surface area is 106 Å². The molecule has 1 nitrogen and oxygen atoms in total. The zero-order valence-corrected chi connectivity index (χ0v) is 11.4. The van der Waals surface area contributed by atoms with Gasteiger partial charge in [0.2, 0.25) is 0 Å². The van der Waals surface area contributed by atoms with Crippen LogP contribution in [0, 0.1) is 5.92 Å². The molecular weight excluding hydrogens is 206 g/mol. The van der Waals surface area contributed by atoms with Gasteiger partial charge in [-0.15, -0.1) is 0 Å². The topological polar surface area (TPSA) is 3.24 Å². The number of rotatable bonds is 3. The third-order valence-corrected chi connectivity index (χ3v) is 4.25. The summed E-state index contributed by atoms with van der Waals surface area (Å²) < 4.78 is 0. The van der Waals surface area contributed by atoms with E-state index in [0.29, 0.717) is 5.54 Å². The summed E-state index contributed by atoms with van der Waals surface area (Å²) >= 11 is 0. The third-order valence-electron chi connectivity index (χ3n) is 4.25. The first-order valence-electron chi connectivity index (χ1n) is 6.91. The first kappa shape index (κ1) is 12.6. The zero-order valence-electron chi connectivity index (χ0n) is 11.4. The summed E-state index contributed by atoms with van der Waals surface area (Å²) in [6.45, 7) is 9.48. The standard InChI is InChI=1S/C16H25N/c1-4-14-10-11-17(16(2,3)12-14)13-15-8-6-5-7-9-15/h5-9,14H,4,10-13H2,1-3H3. The molecule has 1 aliphatic heterocycles. The number of piperidine rings is 1. The average molecular weight is 231 g/mol. The summed E-state index contributed by atoms with van der Waals surface area (Å²) in [4.78, 5) is 2.65. The highest BCUT2D eigenvalue weighted by atomic mass is 15.2. The zero-order chi connectivity index (χ0) is 12.3. The van der Waals surface area contributed by atoms with Crippen LogP contribution in [0.25, 0.3) is 0 Å². The smallest absolute Gasteiger partial charge is 0.0239 e. The van der Waals surface area contributed by atoms with E-state index in [1.165, 1.54) is 31.4 Å². The van der Waals surface area contributed by atoms with E-state index in [-0.39, 0.29) is 0 Å². The minimum atomic E-state index is 0.356. The second-order valence-corrected chi connectivity index (χ2v) is 5.99. The average Bonchev–Trinajstić information content (AvgIpc) is 2.33. The molecule has 1 heterocycles. The van der Waals surface area contributed by atoms with Crippen molar-refractivity contribution in [2.75, 3.05) is 6.54 Å². The van der Waals surface area contributed by atoms with Crippen molar-refractivity contribution in [1.29, 1.82) is 0 Å². The van der Waals surface area contributed by atoms with E-state index in [0.717, 1.165) is 12.5 Å². The fourth-order valence-electron chi connectivity index (χ4n) is 3.02. The van der Waals surface area contributed by atoms with Gasteiger partial charge in [-0.2, -0.15) is 0 Å². The second-order valence-electron chi connectivity index (χ2n) is 5.99. The van der Waals surface area contributed by atoms with Crippen molar-refractivity contribution in [1.82, 2.24) is 4.90 Å². The Balaban J connectivity index is 2.02. The minimum absolute atomic E-state index is 0.356. The maximum atomic E-state index is 2.65. The van der Waals surface area contributed by atoms with Crippen LogP contribution in [0.15, 0.2) is 30.3 Å². The van der Waals surface area contributed by atoms with Gasteiger partial charge >= 0.3 is 0 Å². The SMILES string of the molecule is CCC1CCN(Cc2ccccc2)C(C)(C)C1. The summed E-state index contributed by atoms with van der Waals surface area (Å²) in [5, 5.41) is 0. The van der Waals surface area contributed by atoms with Gasteiger partial charge in [-0.3, -0.25) is 4.90 Å². The predicted octanol–water partition coefficient (Wildman–Crippen LogP) is 4.09. The summed E-state index contributed by atoms with van der Waals surface area (Å²) in [6, 6.07) is 10.9. The minimum Gasteiger partial charge on any atom is -0.294 e. The molecule has 1 unspecified atom stereocenters. The Kier molecular flexibility index (Phi) is 3.88. The van der Waals surface area contributed by atoms with Crippen molar-refractivity contribution < 1.29 is 0 Å². The van der Waals surface area contributed by atoms with Gasteiger partial charge in [0.15, 0.2) is 0 Å². The molecule has 1 atom stereocenters. The molecule has 0 saturated carbocycles. The molecular formula is C16H25N. The molecule has 0 spiro atoms. The summed E-state index contributed by atoms with van der Waals surface area (Å²) in [5.41, 5.74) is 1.80. The van der Waals surface area contributed by atoms with Gasteiger partial charge in [0.25, 0.3) is 0 Å². The number of benzene rings is 1. The summed E-state index contributed by atoms with van der Waals surface area (Å²) in [7, 11) is 0. The fourth-order valence-corrected chi connectivity index (χ4v) is 3.02. The highest BCUT2D eigenvalue weighted by Crippen LogP contribution is 2.33. The van der Waals surface area contributed by atoms with Crippen LogP contribution in [0.2, 0.25) is 0 Å². The summed E-state index contributed by atoms with van der Waals surface area (Å²) in [5.74, 6) is 0.928. The molecule has 1 fully saturated rings. The highest BCUT2D eigenvalue weighted by Gasteiger charge is 2.33. The molecule has 0 radical (unpaired) electrons. The van der Waals surface area contributed by atoms with E-state index < -0.39 is 0 Å². The number of hydrogen-bond donors (Lipinski definition) is 0. The Morgan fingerprint density at radius 1 is 1.24 bits per heavy atom. The van der Waals surface area contributed by atoms with Crippen LogP contribution >= 0.6 is 0 Å². The quantitative estimate of drug-likeness (QED) is 0.757. The Morgan fingerprint density at radius 3 is 2.53 bits per heavy atom. The third kappa shape index (κ3) is 3.10. The van der Waals surface area contributed by atoms with Crippen LogP contribution in [0.5, 0.6) is 0 Å². The molecule has 0 N–H and O–H groups in total. The van der Waals surface area contributed by atoms with Crippen LogP contribution in [0.4, 0.5) is 0 Å². The first-order chi connectivity index (χ1) is 8.12. The van der Waals surface area contributed by atoms with Gasteiger partial charge in [0.05, 0.1) is 0 Å². The van der Waals surface area contributed by atoms with Crippen LogP contribution in [-0.2, 0) is 6.54 Å². The van der Waals surface area contributed by atoms with E-state index in [1.807, 2.05) is 0 Å². The van der Waals surface area contributed by atoms with E-state index in [4.69, 9.17) is 0 Å². The maximum Gasteiger partial charge on any atom is 0.0239 e. The predicted molar refractivity (Wildman–Crippen MR) is 73.9 cm³/mol. The molecule has 1 aliphatic rings. The number of nitrogens with zero attached hydrogens (tertiary/aromatic N) is 1. The molecule has 1 aromatic carbocycles. The van der Waals surface area contributed by atoms with Crippen LogP contribution in [-0.4, -0.2) is 17.0 Å². The Bertz CT molecular complexity index is 342. The lowest BCUT2D eigenvalue weighted by Crippen LogP contribution is -2.49. The largest absolute Gasteiger partial charge is 0.294 e. The molecule has 94 valence electrons. The molecule has 1 saturated heterocycles. The van der Waals surface area contributed by atoms with Crippen molar-refractivity contribution in [3.63, 3.8) is 0 Å². The molecule has 0 aliphatic carbocycles. The normalized spacial score (nSPS) is 24.8. The van der Waals surface area contributed by atoms with Crippen molar-refractivity contribution >= 4 is 0 Å². The molecule has 1 aromatic rings. The van der Waals surface area contributed by atoms with Crippen molar-refractivity contribution in [3.8, 4) is 0 Å². The molecule has 0 amide bonds. The van der Waals surface area contributed by atoms with Crippen LogP contribution in [0.1, 0.15) is 45.6 Å². The van der Waals surface area contributed by atoms with Crippen LogP contribution < -0.4 is 0 Å². The maximum absolute atomic E-state index is 2.65. The molecule has 1 heteroatoms. The van der Waals surface area contributed by atoms with E-state index in [9.17, 15) is 0 Å². The van der Waals surface area contributed by atoms with Gasteiger partial charge in [0.1, 0.15) is 0 Å². The van der Waals surface area contributed by atoms with E-state index in [1.54, 1.807) is 0 Å². The molecule has 17 heavy (non-hydrogen) atoms. The fraction of sp³-hybridized carbons (Fsp3) is 0.625. The molecule has 0 aromatic heterocycles. The number of hydrogen-bond acceptors (Lipinski definition) is 1. The van der Waals surface area contributed by atoms with Gasteiger partial charge < -0.3 is 0 Å².